The van der Waals surface area contributed by atoms with Crippen LogP contribution in [0.1, 0.15) is 33.9 Å². The Hall–Kier alpha value is -3.80. The number of ether oxygens (including phenoxy) is 2. The van der Waals surface area contributed by atoms with E-state index < -0.39 is 5.97 Å². The Morgan fingerprint density at radius 2 is 1.94 bits per heavy atom. The average molecular weight is 443 g/mol. The molecule has 1 saturated heterocycles. The fourth-order valence-electron chi connectivity index (χ4n) is 5.04. The van der Waals surface area contributed by atoms with E-state index in [1.165, 1.54) is 5.56 Å². The van der Waals surface area contributed by atoms with Crippen LogP contribution in [0.5, 0.6) is 5.75 Å². The number of carbonyl (C=O) groups is 2. The first-order valence-electron chi connectivity index (χ1n) is 11.0. The van der Waals surface area contributed by atoms with Crippen LogP contribution in [-0.4, -0.2) is 35.3 Å². The van der Waals surface area contributed by atoms with Crippen LogP contribution in [0.15, 0.2) is 60.7 Å². The third-order valence-corrected chi connectivity index (χ3v) is 6.48. The summed E-state index contributed by atoms with van der Waals surface area (Å²) in [5.74, 6) is -0.233. The van der Waals surface area contributed by atoms with Crippen molar-refractivity contribution < 1.29 is 24.2 Å². The first kappa shape index (κ1) is 21.1. The molecule has 2 aliphatic rings. The van der Waals surface area contributed by atoms with E-state index in [0.29, 0.717) is 17.9 Å². The number of benzene rings is 3. The number of methoxy groups -OCH3 is 1. The molecule has 33 heavy (non-hydrogen) atoms. The smallest absolute Gasteiger partial charge is 0.411 e. The van der Waals surface area contributed by atoms with Gasteiger partial charge >= 0.3 is 12.1 Å². The minimum atomic E-state index is -0.888. The Labute approximate surface area is 192 Å². The fraction of sp³-hybridized carbons (Fsp3) is 0.259. The van der Waals surface area contributed by atoms with Crippen molar-refractivity contribution in [3.63, 3.8) is 0 Å². The number of hydrogen-bond acceptors (Lipinski definition) is 4. The van der Waals surface area contributed by atoms with Gasteiger partial charge in [0.1, 0.15) is 11.9 Å². The normalized spacial score (nSPS) is 18.6. The molecule has 1 N–H and O–H groups in total. The lowest BCUT2D eigenvalue weighted by atomic mass is 9.94. The molecule has 0 spiro atoms. The van der Waals surface area contributed by atoms with Gasteiger partial charge in [0.25, 0.3) is 0 Å². The maximum Gasteiger partial charge on any atom is 0.411 e. The standard InChI is InChI=1S/C27H25NO5/c1-16-7-9-20(22-12-17(13-25(29)30)8-10-23(22)32-2)19(11-16)15-28-26-21-6-4-3-5-18(21)14-24(26)33-27(28)31/h3-12,24,26H,13-15H2,1-2H3,(H,29,30)/t24-,26+/m0/s1. The van der Waals surface area contributed by atoms with Crippen molar-refractivity contribution in [2.24, 2.45) is 0 Å². The van der Waals surface area contributed by atoms with Crippen LogP contribution in [0.2, 0.25) is 0 Å². The van der Waals surface area contributed by atoms with E-state index in [1.807, 2.05) is 42.2 Å². The molecule has 1 aliphatic carbocycles. The number of aliphatic carboxylic acids is 1. The first-order valence-corrected chi connectivity index (χ1v) is 11.0. The van der Waals surface area contributed by atoms with Crippen LogP contribution >= 0.6 is 0 Å². The highest BCUT2D eigenvalue weighted by molar-refractivity contribution is 5.78. The molecule has 1 heterocycles. The van der Waals surface area contributed by atoms with Gasteiger partial charge in [-0.25, -0.2) is 4.79 Å². The van der Waals surface area contributed by atoms with E-state index in [9.17, 15) is 14.7 Å². The second-order valence-electron chi connectivity index (χ2n) is 8.66. The molecule has 3 aromatic rings. The molecule has 3 aromatic carbocycles. The van der Waals surface area contributed by atoms with Crippen molar-refractivity contribution in [1.29, 1.82) is 0 Å². The Morgan fingerprint density at radius 3 is 2.73 bits per heavy atom. The van der Waals surface area contributed by atoms with Gasteiger partial charge in [-0.15, -0.1) is 0 Å². The van der Waals surface area contributed by atoms with Gasteiger partial charge in [0.2, 0.25) is 0 Å². The maximum absolute atomic E-state index is 12.8. The number of amides is 1. The van der Waals surface area contributed by atoms with Crippen molar-refractivity contribution >= 4 is 12.1 Å². The number of carboxylic acids is 1. The van der Waals surface area contributed by atoms with Crippen molar-refractivity contribution in [3.05, 3.63) is 88.5 Å². The van der Waals surface area contributed by atoms with Crippen molar-refractivity contribution in [3.8, 4) is 16.9 Å². The SMILES string of the molecule is COc1ccc(CC(=O)O)cc1-c1ccc(C)cc1CN1C(=O)O[C@H]2Cc3ccccc3[C@H]21. The fourth-order valence-corrected chi connectivity index (χ4v) is 5.04. The summed E-state index contributed by atoms with van der Waals surface area (Å²) in [5.41, 5.74) is 6.80. The largest absolute Gasteiger partial charge is 0.496 e. The summed E-state index contributed by atoms with van der Waals surface area (Å²) in [6, 6.07) is 19.6. The molecule has 2 atom stereocenters. The molecule has 0 unspecified atom stereocenters. The molecule has 1 aliphatic heterocycles. The molecule has 0 saturated carbocycles. The highest BCUT2D eigenvalue weighted by Crippen LogP contribution is 2.44. The summed E-state index contributed by atoms with van der Waals surface area (Å²) in [5, 5.41) is 9.24. The third kappa shape index (κ3) is 3.82. The molecule has 0 radical (unpaired) electrons. The number of carbonyl (C=O) groups excluding carboxylic acids is 1. The molecular formula is C27H25NO5. The van der Waals surface area contributed by atoms with Gasteiger partial charge in [0.05, 0.1) is 26.1 Å². The van der Waals surface area contributed by atoms with Crippen molar-refractivity contribution in [2.45, 2.75) is 38.5 Å². The number of carboxylic acid groups (broad SMARTS) is 1. The van der Waals surface area contributed by atoms with E-state index in [2.05, 4.69) is 18.2 Å². The summed E-state index contributed by atoms with van der Waals surface area (Å²) in [7, 11) is 1.60. The molecule has 6 nitrogen and oxygen atoms in total. The van der Waals surface area contributed by atoms with Gasteiger partial charge in [-0.1, -0.05) is 54.1 Å². The zero-order valence-corrected chi connectivity index (χ0v) is 18.6. The van der Waals surface area contributed by atoms with Crippen LogP contribution in [0.4, 0.5) is 4.79 Å². The zero-order chi connectivity index (χ0) is 23.1. The Kier molecular flexibility index (Phi) is 5.29. The van der Waals surface area contributed by atoms with Crippen LogP contribution < -0.4 is 4.74 Å². The van der Waals surface area contributed by atoms with Gasteiger partial charge < -0.3 is 14.6 Å². The van der Waals surface area contributed by atoms with Gasteiger partial charge in [0.15, 0.2) is 0 Å². The highest BCUT2D eigenvalue weighted by Gasteiger charge is 2.47. The van der Waals surface area contributed by atoms with Gasteiger partial charge in [-0.2, -0.15) is 0 Å². The van der Waals surface area contributed by atoms with E-state index in [4.69, 9.17) is 9.47 Å². The zero-order valence-electron chi connectivity index (χ0n) is 18.6. The predicted octanol–water partition coefficient (Wildman–Crippen LogP) is 4.92. The maximum atomic E-state index is 12.8. The van der Waals surface area contributed by atoms with Crippen LogP contribution in [0.3, 0.4) is 0 Å². The second-order valence-corrected chi connectivity index (χ2v) is 8.66. The number of aryl methyl sites for hydroxylation is 1. The summed E-state index contributed by atoms with van der Waals surface area (Å²) in [6.07, 6.45) is 0.182. The van der Waals surface area contributed by atoms with Gasteiger partial charge in [-0.3, -0.25) is 9.69 Å². The quantitative estimate of drug-likeness (QED) is 0.586. The van der Waals surface area contributed by atoms with Gasteiger partial charge in [0, 0.05) is 12.0 Å². The van der Waals surface area contributed by atoms with Crippen molar-refractivity contribution in [1.82, 2.24) is 4.90 Å². The molecule has 5 rings (SSSR count). The monoisotopic (exact) mass is 443 g/mol. The highest BCUT2D eigenvalue weighted by atomic mass is 16.6. The summed E-state index contributed by atoms with van der Waals surface area (Å²) >= 11 is 0. The predicted molar refractivity (Wildman–Crippen MR) is 123 cm³/mol. The molecule has 0 bridgehead atoms. The first-order chi connectivity index (χ1) is 15.9. The molecule has 1 fully saturated rings. The topological polar surface area (TPSA) is 76.1 Å². The lowest BCUT2D eigenvalue weighted by Gasteiger charge is -2.24. The Balaban J connectivity index is 1.56. The number of fused-ring (bicyclic) bond motifs is 3. The summed E-state index contributed by atoms with van der Waals surface area (Å²) in [4.78, 5) is 25.9. The Morgan fingerprint density at radius 1 is 1.12 bits per heavy atom. The molecule has 168 valence electrons. The number of hydrogen-bond donors (Lipinski definition) is 1. The van der Waals surface area contributed by atoms with E-state index in [0.717, 1.165) is 34.2 Å². The molecule has 1 amide bonds. The van der Waals surface area contributed by atoms with Crippen LogP contribution in [0, 0.1) is 6.92 Å². The van der Waals surface area contributed by atoms with Crippen molar-refractivity contribution in [2.75, 3.05) is 7.11 Å². The minimum Gasteiger partial charge on any atom is -0.496 e. The Bertz CT molecular complexity index is 1250. The van der Waals surface area contributed by atoms with E-state index >= 15 is 0 Å². The lowest BCUT2D eigenvalue weighted by molar-refractivity contribution is -0.136. The van der Waals surface area contributed by atoms with E-state index in [1.54, 1.807) is 19.2 Å². The van der Waals surface area contributed by atoms with E-state index in [-0.39, 0.29) is 24.7 Å². The molecule has 0 aromatic heterocycles. The van der Waals surface area contributed by atoms with Gasteiger partial charge in [-0.05, 0) is 46.9 Å². The minimum absolute atomic E-state index is 0.0722. The summed E-state index contributed by atoms with van der Waals surface area (Å²) in [6.45, 7) is 2.40. The van der Waals surface area contributed by atoms with Crippen LogP contribution in [-0.2, 0) is 28.9 Å². The summed E-state index contributed by atoms with van der Waals surface area (Å²) < 4.78 is 11.3. The molecular weight excluding hydrogens is 418 g/mol. The lowest BCUT2D eigenvalue weighted by Crippen LogP contribution is -2.27. The second kappa shape index (κ2) is 8.28. The average Bonchev–Trinajstić information content (AvgIpc) is 3.29. The number of rotatable bonds is 6. The number of nitrogens with zero attached hydrogens (tertiary/aromatic N) is 1. The third-order valence-electron chi connectivity index (χ3n) is 6.48. The molecule has 6 heteroatoms. The van der Waals surface area contributed by atoms with Crippen LogP contribution in [0.25, 0.3) is 11.1 Å².